The zero-order valence-corrected chi connectivity index (χ0v) is 17.7. The normalized spacial score (nSPS) is 17.3. The minimum Gasteiger partial charge on any atom is -0.454 e. The minimum atomic E-state index is -0.779. The number of hydrogen-bond acceptors (Lipinski definition) is 5. The topological polar surface area (TPSA) is 96.5 Å². The van der Waals surface area contributed by atoms with Crippen LogP contribution in [-0.4, -0.2) is 37.5 Å². The van der Waals surface area contributed by atoms with Crippen molar-refractivity contribution in [3.63, 3.8) is 0 Å². The summed E-state index contributed by atoms with van der Waals surface area (Å²) in [7, 11) is 1.45. The number of nitrogens with one attached hydrogen (secondary N) is 3. The molecule has 0 saturated carbocycles. The summed E-state index contributed by atoms with van der Waals surface area (Å²) in [5.41, 5.74) is 2.05. The number of carbonyl (C=O) groups excluding carboxylic acids is 3. The van der Waals surface area contributed by atoms with Crippen LogP contribution in [-0.2, 0) is 25.5 Å². The Kier molecular flexibility index (Phi) is 7.18. The number of ether oxygens (including phenoxy) is 1. The zero-order valence-electron chi connectivity index (χ0n) is 16.2. The first-order valence-electron chi connectivity index (χ1n) is 9.33. The highest BCUT2D eigenvalue weighted by atomic mass is 35.5. The van der Waals surface area contributed by atoms with Crippen molar-refractivity contribution >= 4 is 46.7 Å². The van der Waals surface area contributed by atoms with Gasteiger partial charge in [0.05, 0.1) is 12.5 Å². The molecule has 0 aliphatic carbocycles. The Labute approximate surface area is 184 Å². The average Bonchev–Trinajstić information content (AvgIpc) is 2.71. The van der Waals surface area contributed by atoms with Crippen molar-refractivity contribution in [1.29, 1.82) is 0 Å². The van der Waals surface area contributed by atoms with Crippen LogP contribution < -0.4 is 16.0 Å². The molecule has 9 heteroatoms. The Bertz CT molecular complexity index is 953. The Hall–Kier alpha value is -2.77. The first kappa shape index (κ1) is 21.9. The van der Waals surface area contributed by atoms with Crippen molar-refractivity contribution in [1.82, 2.24) is 10.6 Å². The summed E-state index contributed by atoms with van der Waals surface area (Å²) in [6.45, 7) is -0.387. The maximum Gasteiger partial charge on any atom is 0.329 e. The van der Waals surface area contributed by atoms with E-state index in [1.807, 2.05) is 30.3 Å². The third-order valence-electron chi connectivity index (χ3n) is 4.70. The number of anilines is 1. The number of benzene rings is 2. The van der Waals surface area contributed by atoms with Gasteiger partial charge in [-0.1, -0.05) is 53.5 Å². The molecule has 2 amide bonds. The number of halogens is 2. The van der Waals surface area contributed by atoms with Gasteiger partial charge < -0.3 is 20.7 Å². The smallest absolute Gasteiger partial charge is 0.329 e. The molecule has 1 heterocycles. The maximum absolute atomic E-state index is 12.6. The van der Waals surface area contributed by atoms with Gasteiger partial charge in [0.2, 0.25) is 5.91 Å². The molecule has 1 aliphatic rings. The Morgan fingerprint density at radius 2 is 1.87 bits per heavy atom. The van der Waals surface area contributed by atoms with E-state index in [2.05, 4.69) is 16.0 Å². The van der Waals surface area contributed by atoms with Crippen LogP contribution in [0, 0.1) is 0 Å². The van der Waals surface area contributed by atoms with Crippen LogP contribution in [0.3, 0.4) is 0 Å². The largest absolute Gasteiger partial charge is 0.454 e. The van der Waals surface area contributed by atoms with E-state index >= 15 is 0 Å². The van der Waals surface area contributed by atoms with Crippen molar-refractivity contribution in [3.05, 3.63) is 63.6 Å². The predicted molar refractivity (Wildman–Crippen MR) is 115 cm³/mol. The molecule has 30 heavy (non-hydrogen) atoms. The van der Waals surface area contributed by atoms with E-state index in [-0.39, 0.29) is 25.4 Å². The molecule has 3 rings (SSSR count). The number of likely N-dealkylation sites (N-methyl/N-ethyl adjacent to an activating group) is 1. The SMILES string of the molecule is CNC(=O)COC(=O)C1CC(NC(=O)Cc2ccccc2)c2c(Cl)cc(Cl)cc2N1. The number of rotatable bonds is 6. The van der Waals surface area contributed by atoms with E-state index in [4.69, 9.17) is 27.9 Å². The summed E-state index contributed by atoms with van der Waals surface area (Å²) in [4.78, 5) is 36.5. The standard InChI is InChI=1S/C21H21Cl2N3O4/c1-24-19(28)11-30-21(29)17-10-16(20-14(23)8-13(22)9-15(20)25-17)26-18(27)7-12-5-3-2-4-6-12/h2-6,8-9,16-17,25H,7,10-11H2,1H3,(H,24,28)(H,26,27). The Balaban J connectivity index is 1.79. The molecule has 1 aliphatic heterocycles. The van der Waals surface area contributed by atoms with Gasteiger partial charge in [-0.15, -0.1) is 0 Å². The quantitative estimate of drug-likeness (QED) is 0.589. The second-order valence-electron chi connectivity index (χ2n) is 6.84. The molecule has 2 atom stereocenters. The van der Waals surface area contributed by atoms with Crippen LogP contribution in [0.2, 0.25) is 10.0 Å². The van der Waals surface area contributed by atoms with Gasteiger partial charge in [-0.05, 0) is 17.7 Å². The summed E-state index contributed by atoms with van der Waals surface area (Å²) in [6.07, 6.45) is 0.401. The fraction of sp³-hybridized carbons (Fsp3) is 0.286. The summed E-state index contributed by atoms with van der Waals surface area (Å²) in [6, 6.07) is 11.2. The van der Waals surface area contributed by atoms with E-state index in [9.17, 15) is 14.4 Å². The lowest BCUT2D eigenvalue weighted by molar-refractivity contribution is -0.149. The van der Waals surface area contributed by atoms with Crippen LogP contribution in [0.4, 0.5) is 5.69 Å². The molecule has 0 bridgehead atoms. The summed E-state index contributed by atoms with van der Waals surface area (Å²) >= 11 is 12.5. The van der Waals surface area contributed by atoms with E-state index in [0.29, 0.717) is 21.3 Å². The second kappa shape index (κ2) is 9.82. The number of carbonyl (C=O) groups is 3. The Morgan fingerprint density at radius 3 is 2.57 bits per heavy atom. The molecule has 2 aromatic rings. The molecule has 0 fully saturated rings. The van der Waals surface area contributed by atoms with E-state index < -0.39 is 24.0 Å². The van der Waals surface area contributed by atoms with Crippen molar-refractivity contribution in [3.8, 4) is 0 Å². The van der Waals surface area contributed by atoms with Gasteiger partial charge in [0.1, 0.15) is 6.04 Å². The maximum atomic E-state index is 12.6. The predicted octanol–water partition coefficient (Wildman–Crippen LogP) is 2.87. The Morgan fingerprint density at radius 1 is 1.13 bits per heavy atom. The van der Waals surface area contributed by atoms with E-state index in [0.717, 1.165) is 5.56 Å². The lowest BCUT2D eigenvalue weighted by Crippen LogP contribution is -2.43. The molecule has 2 aromatic carbocycles. The van der Waals surface area contributed by atoms with Gasteiger partial charge in [-0.2, -0.15) is 0 Å². The van der Waals surface area contributed by atoms with Crippen molar-refractivity contribution in [2.45, 2.75) is 24.9 Å². The van der Waals surface area contributed by atoms with Crippen LogP contribution in [0.15, 0.2) is 42.5 Å². The van der Waals surface area contributed by atoms with Gasteiger partial charge in [-0.3, -0.25) is 9.59 Å². The minimum absolute atomic E-state index is 0.192. The number of esters is 1. The van der Waals surface area contributed by atoms with Gasteiger partial charge in [0, 0.05) is 34.8 Å². The molecule has 7 nitrogen and oxygen atoms in total. The number of fused-ring (bicyclic) bond motifs is 1. The first-order chi connectivity index (χ1) is 14.4. The first-order valence-corrected chi connectivity index (χ1v) is 10.1. The van der Waals surface area contributed by atoms with Gasteiger partial charge in [-0.25, -0.2) is 4.79 Å². The van der Waals surface area contributed by atoms with Crippen molar-refractivity contribution in [2.24, 2.45) is 0 Å². The van der Waals surface area contributed by atoms with Crippen molar-refractivity contribution in [2.75, 3.05) is 19.0 Å². The highest BCUT2D eigenvalue weighted by molar-refractivity contribution is 6.35. The summed E-state index contributed by atoms with van der Waals surface area (Å²) < 4.78 is 5.07. The third-order valence-corrected chi connectivity index (χ3v) is 5.23. The third kappa shape index (κ3) is 5.43. The number of amides is 2. The lowest BCUT2D eigenvalue weighted by atomic mass is 9.92. The van der Waals surface area contributed by atoms with Gasteiger partial charge in [0.15, 0.2) is 6.61 Å². The molecular weight excluding hydrogens is 429 g/mol. The van der Waals surface area contributed by atoms with Crippen molar-refractivity contribution < 1.29 is 19.1 Å². The van der Waals surface area contributed by atoms with Crippen LogP contribution in [0.5, 0.6) is 0 Å². The molecule has 2 unspecified atom stereocenters. The van der Waals surface area contributed by atoms with E-state index in [1.165, 1.54) is 7.05 Å². The monoisotopic (exact) mass is 449 g/mol. The van der Waals surface area contributed by atoms with Gasteiger partial charge >= 0.3 is 5.97 Å². The summed E-state index contributed by atoms with van der Waals surface area (Å²) in [5, 5.41) is 9.15. The highest BCUT2D eigenvalue weighted by Gasteiger charge is 2.34. The molecule has 0 radical (unpaired) electrons. The molecule has 0 saturated heterocycles. The highest BCUT2D eigenvalue weighted by Crippen LogP contribution is 2.40. The van der Waals surface area contributed by atoms with Crippen LogP contribution >= 0.6 is 23.2 Å². The molecular formula is C21H21Cl2N3O4. The molecule has 3 N–H and O–H groups in total. The molecule has 158 valence electrons. The molecule has 0 aromatic heterocycles. The zero-order chi connectivity index (χ0) is 21.7. The average molecular weight is 450 g/mol. The second-order valence-corrected chi connectivity index (χ2v) is 7.69. The lowest BCUT2D eigenvalue weighted by Gasteiger charge is -2.33. The van der Waals surface area contributed by atoms with Crippen LogP contribution in [0.25, 0.3) is 0 Å². The van der Waals surface area contributed by atoms with Crippen LogP contribution in [0.1, 0.15) is 23.6 Å². The van der Waals surface area contributed by atoms with E-state index in [1.54, 1.807) is 12.1 Å². The van der Waals surface area contributed by atoms with Gasteiger partial charge in [0.25, 0.3) is 5.91 Å². The number of hydrogen-bond donors (Lipinski definition) is 3. The fourth-order valence-corrected chi connectivity index (χ4v) is 3.91. The fourth-order valence-electron chi connectivity index (χ4n) is 3.28. The molecule has 0 spiro atoms. The summed E-state index contributed by atoms with van der Waals surface area (Å²) in [5.74, 6) is -1.23.